The van der Waals surface area contributed by atoms with E-state index in [9.17, 15) is 27.9 Å². The van der Waals surface area contributed by atoms with E-state index in [4.69, 9.17) is 9.47 Å². The number of carbonyl (C=O) groups excluding carboxylic acids is 2. The van der Waals surface area contributed by atoms with Gasteiger partial charge in [0.25, 0.3) is 0 Å². The van der Waals surface area contributed by atoms with Crippen LogP contribution in [0.2, 0.25) is 0 Å². The molecule has 0 unspecified atom stereocenters. The summed E-state index contributed by atoms with van der Waals surface area (Å²) in [6.07, 6.45) is -3.74. The van der Waals surface area contributed by atoms with Crippen molar-refractivity contribution in [3.05, 3.63) is 11.6 Å². The summed E-state index contributed by atoms with van der Waals surface area (Å²) in [5.74, 6) is -0.416. The first-order valence-electron chi connectivity index (χ1n) is 12.9. The molecule has 2 aliphatic rings. The van der Waals surface area contributed by atoms with E-state index in [1.165, 1.54) is 9.47 Å². The molecule has 0 saturated heterocycles. The summed E-state index contributed by atoms with van der Waals surface area (Å²) in [7, 11) is 0. The van der Waals surface area contributed by atoms with Crippen LogP contribution >= 0.6 is 35.7 Å². The summed E-state index contributed by atoms with van der Waals surface area (Å²) >= 11 is 1.59. The number of aliphatic imine (C=N–C) groups is 1. The summed E-state index contributed by atoms with van der Waals surface area (Å²) in [5, 5.41) is 18.1. The summed E-state index contributed by atoms with van der Waals surface area (Å²) in [6, 6.07) is -0.385. The topological polar surface area (TPSA) is 122 Å². The standard InChI is InChI=1S/C14H21F3N4O3.C11H20N2O2S.HI/c1-8-6-20(11(22)24-12(2,3)4)7-9-18-19-10(21(8)9)13(5,23)14(15,16)17;1-8-6-13(7-9(12-8)16-5)10(14)15-11(2,3)4;/h8,23H,6-7H2,1-5H3;8H,6-7H2,1-5H3;1H/t8-,13+;8-;/m00./s1. The van der Waals surface area contributed by atoms with Crippen LogP contribution in [0.3, 0.4) is 0 Å². The van der Waals surface area contributed by atoms with Gasteiger partial charge in [-0.3, -0.25) is 14.8 Å². The fourth-order valence-corrected chi connectivity index (χ4v) is 4.48. The van der Waals surface area contributed by atoms with Gasteiger partial charge in [0.2, 0.25) is 5.60 Å². The molecule has 0 radical (unpaired) electrons. The van der Waals surface area contributed by atoms with Gasteiger partial charge in [0.05, 0.1) is 30.2 Å². The Balaban J connectivity index is 0.000000433. The SMILES string of the molecule is CSC1=N[C@@H](C)CN(C(=O)OC(C)(C)C)C1.C[C@H]1CN(C(=O)OC(C)(C)C)Cc2nnc([C@@](C)(O)C(F)(F)F)n21.I. The number of aliphatic hydroxyl groups is 1. The van der Waals surface area contributed by atoms with Gasteiger partial charge in [0, 0.05) is 13.1 Å². The van der Waals surface area contributed by atoms with Crippen LogP contribution in [-0.2, 0) is 21.6 Å². The van der Waals surface area contributed by atoms with Crippen molar-refractivity contribution in [1.82, 2.24) is 24.6 Å². The Morgan fingerprint density at radius 2 is 1.39 bits per heavy atom. The molecular formula is C25H42F3IN6O5S. The van der Waals surface area contributed by atoms with Crippen LogP contribution in [0.25, 0.3) is 0 Å². The monoisotopic (exact) mass is 722 g/mol. The molecule has 0 fully saturated rings. The number of thioether (sulfide) groups is 1. The van der Waals surface area contributed by atoms with Crippen LogP contribution in [0, 0.1) is 0 Å². The number of hydrogen-bond acceptors (Lipinski definition) is 9. The molecule has 236 valence electrons. The number of carbonyl (C=O) groups is 2. The van der Waals surface area contributed by atoms with Crippen molar-refractivity contribution in [2.24, 2.45) is 4.99 Å². The van der Waals surface area contributed by atoms with Gasteiger partial charge in [-0.05, 0) is 68.6 Å². The van der Waals surface area contributed by atoms with Crippen molar-refractivity contribution < 1.29 is 37.3 Å². The number of ether oxygens (including phenoxy) is 2. The highest BCUT2D eigenvalue weighted by atomic mass is 127. The second-order valence-electron chi connectivity index (χ2n) is 12.0. The van der Waals surface area contributed by atoms with Gasteiger partial charge in [-0.15, -0.1) is 45.9 Å². The fraction of sp³-hybridized carbons (Fsp3) is 0.800. The van der Waals surface area contributed by atoms with Crippen LogP contribution < -0.4 is 0 Å². The van der Waals surface area contributed by atoms with Crippen molar-refractivity contribution in [2.45, 2.75) is 104 Å². The van der Waals surface area contributed by atoms with Gasteiger partial charge < -0.3 is 19.1 Å². The second-order valence-corrected chi connectivity index (χ2v) is 12.9. The Hall–Kier alpha value is -1.82. The molecule has 2 aliphatic heterocycles. The molecule has 11 nitrogen and oxygen atoms in total. The van der Waals surface area contributed by atoms with E-state index in [1.807, 2.05) is 34.0 Å². The third kappa shape index (κ3) is 10.1. The molecule has 1 N–H and O–H groups in total. The average molecular weight is 723 g/mol. The molecule has 0 saturated carbocycles. The number of aromatic nitrogens is 3. The van der Waals surface area contributed by atoms with Crippen LogP contribution in [-0.4, -0.2) is 96.2 Å². The molecule has 1 aromatic heterocycles. The quantitative estimate of drug-likeness (QED) is 0.385. The van der Waals surface area contributed by atoms with Crippen molar-refractivity contribution in [3.8, 4) is 0 Å². The summed E-state index contributed by atoms with van der Waals surface area (Å²) in [4.78, 5) is 31.5. The molecule has 0 aromatic carbocycles. The maximum absolute atomic E-state index is 13.1. The van der Waals surface area contributed by atoms with E-state index in [0.717, 1.165) is 5.04 Å². The number of amides is 2. The molecule has 16 heteroatoms. The van der Waals surface area contributed by atoms with E-state index in [0.29, 0.717) is 20.0 Å². The fourth-order valence-electron chi connectivity index (χ4n) is 3.91. The van der Waals surface area contributed by atoms with Gasteiger partial charge in [-0.2, -0.15) is 13.2 Å². The lowest BCUT2D eigenvalue weighted by Crippen LogP contribution is -2.46. The van der Waals surface area contributed by atoms with Crippen LogP contribution in [0.4, 0.5) is 22.8 Å². The maximum Gasteiger partial charge on any atom is 0.424 e. The van der Waals surface area contributed by atoms with Crippen molar-refractivity contribution in [3.63, 3.8) is 0 Å². The molecule has 1 aromatic rings. The Labute approximate surface area is 260 Å². The predicted octanol–water partition coefficient (Wildman–Crippen LogP) is 5.36. The van der Waals surface area contributed by atoms with E-state index in [2.05, 4.69) is 15.2 Å². The van der Waals surface area contributed by atoms with E-state index >= 15 is 0 Å². The highest BCUT2D eigenvalue weighted by Crippen LogP contribution is 2.39. The molecule has 2 amide bonds. The Morgan fingerprint density at radius 3 is 1.83 bits per heavy atom. The van der Waals surface area contributed by atoms with Gasteiger partial charge in [0.15, 0.2) is 11.6 Å². The number of fused-ring (bicyclic) bond motifs is 1. The zero-order valence-corrected chi connectivity index (χ0v) is 28.3. The summed E-state index contributed by atoms with van der Waals surface area (Å²) < 4.78 is 51.0. The first-order chi connectivity index (χ1) is 18.1. The number of alkyl halides is 3. The second kappa shape index (κ2) is 13.7. The van der Waals surface area contributed by atoms with Crippen molar-refractivity contribution in [1.29, 1.82) is 0 Å². The predicted molar refractivity (Wildman–Crippen MR) is 161 cm³/mol. The largest absolute Gasteiger partial charge is 0.444 e. The molecule has 3 atom stereocenters. The molecule has 41 heavy (non-hydrogen) atoms. The molecule has 3 heterocycles. The van der Waals surface area contributed by atoms with Gasteiger partial charge >= 0.3 is 18.4 Å². The Kier molecular flexibility index (Phi) is 12.4. The number of nitrogens with zero attached hydrogens (tertiary/aromatic N) is 6. The van der Waals surface area contributed by atoms with Gasteiger partial charge in [-0.25, -0.2) is 9.59 Å². The smallest absolute Gasteiger partial charge is 0.424 e. The normalized spacial score (nSPS) is 20.9. The maximum atomic E-state index is 13.1. The number of rotatable bonds is 1. The minimum absolute atomic E-state index is 0. The molecular weight excluding hydrogens is 680 g/mol. The highest BCUT2D eigenvalue weighted by Gasteiger charge is 2.55. The third-order valence-corrected chi connectivity index (χ3v) is 6.43. The van der Waals surface area contributed by atoms with E-state index in [1.54, 1.807) is 44.4 Å². The summed E-state index contributed by atoms with van der Waals surface area (Å²) in [6.45, 7) is 16.4. The third-order valence-electron chi connectivity index (χ3n) is 5.73. The zero-order chi connectivity index (χ0) is 30.8. The minimum atomic E-state index is -4.89. The molecule has 3 rings (SSSR count). The van der Waals surface area contributed by atoms with Crippen molar-refractivity contribution >= 4 is 53.0 Å². The first kappa shape index (κ1) is 37.2. The number of halogens is 4. The number of hydrogen-bond donors (Lipinski definition) is 1. The average Bonchev–Trinajstić information content (AvgIpc) is 3.21. The highest BCUT2D eigenvalue weighted by molar-refractivity contribution is 14.0. The lowest BCUT2D eigenvalue weighted by Gasteiger charge is -2.35. The minimum Gasteiger partial charge on any atom is -0.444 e. The van der Waals surface area contributed by atoms with E-state index < -0.39 is 40.9 Å². The van der Waals surface area contributed by atoms with Gasteiger partial charge in [-0.1, -0.05) is 0 Å². The van der Waals surface area contributed by atoms with Crippen LogP contribution in [0.15, 0.2) is 4.99 Å². The lowest BCUT2D eigenvalue weighted by atomic mass is 10.0. The Morgan fingerprint density at radius 1 is 0.902 bits per heavy atom. The van der Waals surface area contributed by atoms with Crippen molar-refractivity contribution in [2.75, 3.05) is 25.9 Å². The molecule has 0 aliphatic carbocycles. The van der Waals surface area contributed by atoms with E-state index in [-0.39, 0.29) is 55.0 Å². The molecule has 0 spiro atoms. The molecule has 0 bridgehead atoms. The first-order valence-corrected chi connectivity index (χ1v) is 14.1. The zero-order valence-electron chi connectivity index (χ0n) is 25.2. The lowest BCUT2D eigenvalue weighted by molar-refractivity contribution is -0.263. The van der Waals surface area contributed by atoms with Crippen LogP contribution in [0.1, 0.15) is 80.0 Å². The summed E-state index contributed by atoms with van der Waals surface area (Å²) in [5.41, 5.74) is -4.24. The Bertz CT molecular complexity index is 1100. The van der Waals surface area contributed by atoms with Gasteiger partial charge in [0.1, 0.15) is 11.2 Å². The van der Waals surface area contributed by atoms with Crippen LogP contribution in [0.5, 0.6) is 0 Å².